The molecule has 1 atom stereocenters. The van der Waals surface area contributed by atoms with Crippen molar-refractivity contribution in [1.82, 2.24) is 4.90 Å². The average Bonchev–Trinajstić information content (AvgIpc) is 2.57. The summed E-state index contributed by atoms with van der Waals surface area (Å²) in [4.78, 5) is 1.97. The average molecular weight is 257 g/mol. The van der Waals surface area contributed by atoms with Crippen LogP contribution in [0.5, 0.6) is 0 Å². The molecule has 1 saturated carbocycles. The van der Waals surface area contributed by atoms with E-state index in [0.29, 0.717) is 0 Å². The molecule has 2 heterocycles. The first kappa shape index (κ1) is 13.8. The predicted molar refractivity (Wildman–Crippen MR) is 46.6 cm³/mol. The normalized spacial score (nSPS) is 38.4. The van der Waals surface area contributed by atoms with Crippen LogP contribution in [-0.4, -0.2) is 50.3 Å². The van der Waals surface area contributed by atoms with Crippen LogP contribution in [0.2, 0.25) is 0 Å². The molecule has 0 amide bonds. The Morgan fingerprint density at radius 1 is 1.25 bits per heavy atom. The molecule has 16 heavy (non-hydrogen) atoms. The van der Waals surface area contributed by atoms with Gasteiger partial charge in [0, 0.05) is 36.9 Å². The minimum Gasteiger partial charge on any atom is -0.854 e. The van der Waals surface area contributed by atoms with Crippen molar-refractivity contribution in [3.8, 4) is 0 Å². The topological polar surface area (TPSA) is 35.5 Å². The molecule has 2 saturated heterocycles. The molecule has 1 aliphatic carbocycles. The molecule has 0 aromatic heterocycles. The molecule has 1 unspecified atom stereocenters. The second-order valence-electron chi connectivity index (χ2n) is 5.44. The van der Waals surface area contributed by atoms with Crippen LogP contribution in [0.15, 0.2) is 0 Å². The Hall–Kier alpha value is 1.38. The van der Waals surface area contributed by atoms with Gasteiger partial charge in [0.05, 0.1) is 13.2 Å². The van der Waals surface area contributed by atoms with Crippen molar-refractivity contribution in [2.24, 2.45) is 10.8 Å². The number of hydrogen-bond donors (Lipinski definition) is 0. The Morgan fingerprint density at radius 2 is 1.81 bits per heavy atom. The van der Waals surface area contributed by atoms with Gasteiger partial charge in [-0.3, -0.25) is 0 Å². The number of rotatable bonds is 3. The minimum absolute atomic E-state index is 0. The van der Waals surface area contributed by atoms with Gasteiger partial charge in [-0.15, -0.1) is 6.61 Å². The molecule has 3 nitrogen and oxygen atoms in total. The van der Waals surface area contributed by atoms with E-state index >= 15 is 0 Å². The molecule has 0 aromatic rings. The SMILES string of the molecule is [K+].[O-]CC1(CN2CC3(COC3)C2)CC1(F)F. The quantitative estimate of drug-likeness (QED) is 0.497. The van der Waals surface area contributed by atoms with Gasteiger partial charge in [0.2, 0.25) is 0 Å². The smallest absolute Gasteiger partial charge is 0.854 e. The van der Waals surface area contributed by atoms with Crippen molar-refractivity contribution in [2.45, 2.75) is 12.3 Å². The van der Waals surface area contributed by atoms with Crippen LogP contribution < -0.4 is 56.5 Å². The summed E-state index contributed by atoms with van der Waals surface area (Å²) in [6.45, 7) is 2.77. The first-order valence-corrected chi connectivity index (χ1v) is 5.27. The summed E-state index contributed by atoms with van der Waals surface area (Å²) in [5.74, 6) is -2.71. The second kappa shape index (κ2) is 4.20. The van der Waals surface area contributed by atoms with Gasteiger partial charge in [-0.05, 0) is 0 Å². The summed E-state index contributed by atoms with van der Waals surface area (Å²) >= 11 is 0. The zero-order valence-corrected chi connectivity index (χ0v) is 12.6. The third-order valence-electron chi connectivity index (χ3n) is 3.95. The van der Waals surface area contributed by atoms with E-state index in [1.165, 1.54) is 0 Å². The first-order valence-electron chi connectivity index (χ1n) is 5.27. The fraction of sp³-hybridized carbons (Fsp3) is 1.00. The minimum atomic E-state index is -2.71. The summed E-state index contributed by atoms with van der Waals surface area (Å²) in [6, 6.07) is 0. The largest absolute Gasteiger partial charge is 1.00 e. The fourth-order valence-electron chi connectivity index (χ4n) is 2.77. The molecule has 6 heteroatoms. The van der Waals surface area contributed by atoms with Crippen molar-refractivity contribution in [1.29, 1.82) is 0 Å². The van der Waals surface area contributed by atoms with Crippen LogP contribution in [0.25, 0.3) is 0 Å². The van der Waals surface area contributed by atoms with E-state index in [9.17, 15) is 13.9 Å². The number of halogens is 2. The van der Waals surface area contributed by atoms with Crippen molar-refractivity contribution in [2.75, 3.05) is 39.5 Å². The zero-order valence-electron chi connectivity index (χ0n) is 9.47. The van der Waals surface area contributed by atoms with Gasteiger partial charge in [-0.1, -0.05) is 0 Å². The molecule has 3 fully saturated rings. The number of ether oxygens (including phenoxy) is 1. The third-order valence-corrected chi connectivity index (χ3v) is 3.95. The summed E-state index contributed by atoms with van der Waals surface area (Å²) in [5.41, 5.74) is -1.01. The van der Waals surface area contributed by atoms with E-state index in [4.69, 9.17) is 4.74 Å². The van der Waals surface area contributed by atoms with Crippen LogP contribution in [0.1, 0.15) is 6.42 Å². The van der Waals surface area contributed by atoms with Crippen LogP contribution in [-0.2, 0) is 4.74 Å². The molecule has 1 spiro atoms. The molecule has 86 valence electrons. The Morgan fingerprint density at radius 3 is 2.12 bits per heavy atom. The summed E-state index contributed by atoms with van der Waals surface area (Å²) in [7, 11) is 0. The summed E-state index contributed by atoms with van der Waals surface area (Å²) < 4.78 is 31.1. The Balaban J connectivity index is 0.000000963. The van der Waals surface area contributed by atoms with Gasteiger partial charge in [-0.25, -0.2) is 8.78 Å². The van der Waals surface area contributed by atoms with Crippen molar-refractivity contribution >= 4 is 0 Å². The Labute approximate surface area is 136 Å². The molecule has 2 aliphatic heterocycles. The van der Waals surface area contributed by atoms with Crippen LogP contribution in [0, 0.1) is 10.8 Å². The predicted octanol–water partition coefficient (Wildman–Crippen LogP) is -3.29. The van der Waals surface area contributed by atoms with E-state index in [2.05, 4.69) is 0 Å². The third kappa shape index (κ3) is 1.95. The van der Waals surface area contributed by atoms with Gasteiger partial charge in [0.15, 0.2) is 0 Å². The zero-order chi connectivity index (χ0) is 10.7. The van der Waals surface area contributed by atoms with E-state index in [1.54, 1.807) is 0 Å². The molecule has 3 aliphatic rings. The number of nitrogens with zero attached hydrogens (tertiary/aromatic N) is 1. The fourth-order valence-corrected chi connectivity index (χ4v) is 2.77. The molecular formula is C10H14F2KNO2. The molecule has 3 rings (SSSR count). The van der Waals surface area contributed by atoms with Gasteiger partial charge >= 0.3 is 51.4 Å². The Bertz CT molecular complexity index is 291. The van der Waals surface area contributed by atoms with Gasteiger partial charge in [-0.2, -0.15) is 0 Å². The van der Waals surface area contributed by atoms with Crippen LogP contribution in [0.3, 0.4) is 0 Å². The monoisotopic (exact) mass is 257 g/mol. The molecule has 0 N–H and O–H groups in total. The van der Waals surface area contributed by atoms with Crippen LogP contribution in [0.4, 0.5) is 8.78 Å². The van der Waals surface area contributed by atoms with E-state index in [1.807, 2.05) is 4.90 Å². The van der Waals surface area contributed by atoms with Crippen molar-refractivity contribution in [3.05, 3.63) is 0 Å². The van der Waals surface area contributed by atoms with E-state index in [-0.39, 0.29) is 69.8 Å². The number of hydrogen-bond acceptors (Lipinski definition) is 3. The van der Waals surface area contributed by atoms with E-state index in [0.717, 1.165) is 26.3 Å². The van der Waals surface area contributed by atoms with Crippen LogP contribution >= 0.6 is 0 Å². The van der Waals surface area contributed by atoms with Gasteiger partial charge < -0.3 is 14.7 Å². The number of alkyl halides is 2. The molecule has 0 bridgehead atoms. The maximum atomic E-state index is 13.0. The van der Waals surface area contributed by atoms with Crippen molar-refractivity contribution < 1.29 is 70.0 Å². The molecule has 0 aromatic carbocycles. The maximum Gasteiger partial charge on any atom is 1.00 e. The van der Waals surface area contributed by atoms with Crippen molar-refractivity contribution in [3.63, 3.8) is 0 Å². The summed E-state index contributed by atoms with van der Waals surface area (Å²) in [5, 5.41) is 10.8. The maximum absolute atomic E-state index is 13.0. The first-order chi connectivity index (χ1) is 7.01. The molecule has 0 radical (unpaired) electrons. The van der Waals surface area contributed by atoms with Gasteiger partial charge in [0.25, 0.3) is 5.92 Å². The summed E-state index contributed by atoms with van der Waals surface area (Å²) in [6.07, 6.45) is -0.219. The standard InChI is InChI=1S/C10H14F2NO2.K/c11-10(12)1-9(10,5-14)4-13-2-8(3-13)6-15-7-8;/h1-7H2;/q-1;+1. The molecular weight excluding hydrogens is 243 g/mol. The number of likely N-dealkylation sites (tertiary alicyclic amines) is 1. The second-order valence-corrected chi connectivity index (χ2v) is 5.44. The van der Waals surface area contributed by atoms with Gasteiger partial charge in [0.1, 0.15) is 0 Å². The van der Waals surface area contributed by atoms with E-state index < -0.39 is 17.9 Å². The Kier molecular flexibility index (Phi) is 3.62.